The summed E-state index contributed by atoms with van der Waals surface area (Å²) in [6.07, 6.45) is 0.513. The highest BCUT2D eigenvalue weighted by Gasteiger charge is 2.33. The second-order valence-corrected chi connectivity index (χ2v) is 7.25. The van der Waals surface area contributed by atoms with E-state index in [1.54, 1.807) is 17.4 Å². The van der Waals surface area contributed by atoms with Crippen LogP contribution in [-0.2, 0) is 13.0 Å². The summed E-state index contributed by atoms with van der Waals surface area (Å²) in [6.45, 7) is 1.99. The van der Waals surface area contributed by atoms with Crippen LogP contribution in [-0.4, -0.2) is 29.7 Å². The average Bonchev–Trinajstić information content (AvgIpc) is 2.87. The quantitative estimate of drug-likeness (QED) is 0.495. The monoisotopic (exact) mass is 332 g/mol. The van der Waals surface area contributed by atoms with Crippen LogP contribution in [0.25, 0.3) is 0 Å². The number of rotatable bonds is 1. The van der Waals surface area contributed by atoms with Gasteiger partial charge in [-0.15, -0.1) is 11.3 Å². The van der Waals surface area contributed by atoms with Gasteiger partial charge in [-0.1, -0.05) is 6.07 Å². The van der Waals surface area contributed by atoms with Gasteiger partial charge in [-0.05, 0) is 23.3 Å². The van der Waals surface area contributed by atoms with E-state index >= 15 is 0 Å². The Kier molecular flexibility index (Phi) is 3.21. The Morgan fingerprint density at radius 1 is 1.26 bits per heavy atom. The molecule has 2 unspecified atom stereocenters. The maximum atomic E-state index is 12.6. The Morgan fingerprint density at radius 3 is 2.87 bits per heavy atom. The number of amides is 1. The number of carbonyl (C=O) groups is 1. The first kappa shape index (κ1) is 14.3. The number of hydrogen-bond acceptors (Lipinski definition) is 5. The highest BCUT2D eigenvalue weighted by molar-refractivity contribution is 7.16. The number of likely N-dealkylation sites (N-methyl/N-ethyl adjacent to an activating group) is 1. The van der Waals surface area contributed by atoms with E-state index in [0.29, 0.717) is 5.56 Å². The average molecular weight is 332 g/mol. The third-order valence-electron chi connectivity index (χ3n) is 4.47. The number of anilines is 1. The molecule has 0 saturated heterocycles. The zero-order chi connectivity index (χ0) is 16.1. The van der Waals surface area contributed by atoms with Crippen LogP contribution in [0.1, 0.15) is 32.5 Å². The van der Waals surface area contributed by atoms with Crippen LogP contribution in [0, 0.1) is 0 Å². The van der Waals surface area contributed by atoms with Crippen LogP contribution in [0.15, 0.2) is 18.2 Å². The van der Waals surface area contributed by atoms with Crippen LogP contribution in [0.2, 0.25) is 0 Å². The van der Waals surface area contributed by atoms with Crippen molar-refractivity contribution in [1.29, 1.82) is 0 Å². The molecule has 2 aliphatic heterocycles. The molecule has 0 fully saturated rings. The second-order valence-electron chi connectivity index (χ2n) is 6.14. The summed E-state index contributed by atoms with van der Waals surface area (Å²) < 4.78 is 0. The Balaban J connectivity index is 1.70. The van der Waals surface area contributed by atoms with Gasteiger partial charge in [-0.3, -0.25) is 4.79 Å². The number of hydrogen-bond donors (Lipinski definition) is 5. The first-order valence-electron chi connectivity index (χ1n) is 7.58. The van der Waals surface area contributed by atoms with Gasteiger partial charge < -0.3 is 25.7 Å². The van der Waals surface area contributed by atoms with Gasteiger partial charge in [0.15, 0.2) is 11.5 Å². The van der Waals surface area contributed by atoms with Gasteiger partial charge in [0, 0.05) is 6.42 Å². The largest absolute Gasteiger partial charge is 0.504 e. The van der Waals surface area contributed by atoms with E-state index in [2.05, 4.69) is 17.7 Å². The van der Waals surface area contributed by atoms with Gasteiger partial charge in [0.1, 0.15) is 17.7 Å². The number of thiophene rings is 1. The number of phenols is 2. The number of quaternary nitrogens is 1. The van der Waals surface area contributed by atoms with E-state index < -0.39 is 6.17 Å². The minimum atomic E-state index is -0.410. The lowest BCUT2D eigenvalue weighted by Gasteiger charge is -2.27. The molecule has 3 heterocycles. The molecule has 0 bridgehead atoms. The molecule has 120 valence electrons. The van der Waals surface area contributed by atoms with E-state index in [9.17, 15) is 15.0 Å². The molecule has 4 rings (SSSR count). The lowest BCUT2D eigenvalue weighted by Crippen LogP contribution is -3.08. The van der Waals surface area contributed by atoms with Crippen molar-refractivity contribution in [3.05, 3.63) is 39.8 Å². The highest BCUT2D eigenvalue weighted by atomic mass is 32.1. The number of fused-ring (bicyclic) bond motifs is 3. The molecule has 0 radical (unpaired) electrons. The van der Waals surface area contributed by atoms with E-state index in [1.165, 1.54) is 27.5 Å². The van der Waals surface area contributed by atoms with Crippen molar-refractivity contribution < 1.29 is 19.9 Å². The number of aromatic hydroxyl groups is 2. The summed E-state index contributed by atoms with van der Waals surface area (Å²) in [7, 11) is 2.16. The molecule has 5 N–H and O–H groups in total. The maximum Gasteiger partial charge on any atom is 0.256 e. The summed E-state index contributed by atoms with van der Waals surface area (Å²) in [5.74, 6) is -0.442. The molecule has 23 heavy (non-hydrogen) atoms. The fourth-order valence-corrected chi connectivity index (χ4v) is 4.61. The van der Waals surface area contributed by atoms with Crippen LogP contribution in [0.4, 0.5) is 5.00 Å². The predicted molar refractivity (Wildman–Crippen MR) is 87.1 cm³/mol. The molecule has 2 aliphatic rings. The fraction of sp³-hybridized carbons (Fsp3) is 0.312. The molecule has 0 spiro atoms. The third kappa shape index (κ3) is 2.32. The number of phenolic OH excluding ortho intramolecular Hbond substituents is 2. The first-order valence-corrected chi connectivity index (χ1v) is 8.39. The molecule has 0 saturated carbocycles. The molecule has 0 aliphatic carbocycles. The van der Waals surface area contributed by atoms with Crippen molar-refractivity contribution >= 4 is 22.2 Å². The first-order chi connectivity index (χ1) is 11.0. The molecule has 1 aromatic heterocycles. The van der Waals surface area contributed by atoms with Gasteiger partial charge in [0.2, 0.25) is 0 Å². The standard InChI is InChI=1S/C16H17N3O3S/c1-19-5-4-9-12(7-19)23-16-13(9)15(22)17-14(18-16)8-2-3-10(20)11(21)6-8/h2-3,6,14,18,20-21H,4-5,7H2,1H3,(H,17,22)/p+1. The molecule has 1 amide bonds. The summed E-state index contributed by atoms with van der Waals surface area (Å²) in [5, 5.41) is 26.3. The minimum Gasteiger partial charge on any atom is -0.504 e. The zero-order valence-corrected chi connectivity index (χ0v) is 13.5. The van der Waals surface area contributed by atoms with Gasteiger partial charge in [-0.25, -0.2) is 0 Å². The topological polar surface area (TPSA) is 86.0 Å². The van der Waals surface area contributed by atoms with Gasteiger partial charge in [0.25, 0.3) is 5.91 Å². The molecule has 7 heteroatoms. The van der Waals surface area contributed by atoms with Crippen LogP contribution < -0.4 is 15.5 Å². The predicted octanol–water partition coefficient (Wildman–Crippen LogP) is 0.584. The molecular weight excluding hydrogens is 314 g/mol. The number of nitrogens with one attached hydrogen (secondary N) is 3. The van der Waals surface area contributed by atoms with Crippen LogP contribution >= 0.6 is 11.3 Å². The smallest absolute Gasteiger partial charge is 0.256 e. The zero-order valence-electron chi connectivity index (χ0n) is 12.6. The van der Waals surface area contributed by atoms with Gasteiger partial charge >= 0.3 is 0 Å². The van der Waals surface area contributed by atoms with Crippen LogP contribution in [0.5, 0.6) is 11.5 Å². The third-order valence-corrected chi connectivity index (χ3v) is 5.63. The Labute approximate surface area is 137 Å². The number of benzene rings is 1. The fourth-order valence-electron chi connectivity index (χ4n) is 3.22. The maximum absolute atomic E-state index is 12.6. The normalized spacial score (nSPS) is 22.7. The summed E-state index contributed by atoms with van der Waals surface area (Å²) in [4.78, 5) is 15.3. The summed E-state index contributed by atoms with van der Waals surface area (Å²) in [6, 6.07) is 4.57. The van der Waals surface area contributed by atoms with Crippen molar-refractivity contribution in [1.82, 2.24) is 5.32 Å². The number of carbonyl (C=O) groups excluding carboxylic acids is 1. The van der Waals surface area contributed by atoms with Crippen molar-refractivity contribution in [3.8, 4) is 11.5 Å². The van der Waals surface area contributed by atoms with E-state index in [1.807, 2.05) is 0 Å². The SMILES string of the molecule is C[NH+]1CCc2c(sc3c2C(=O)NC(c2ccc(O)c(O)c2)N3)C1. The van der Waals surface area contributed by atoms with Crippen molar-refractivity contribution in [2.45, 2.75) is 19.1 Å². The van der Waals surface area contributed by atoms with Gasteiger partial charge in [0.05, 0.1) is 24.0 Å². The Bertz CT molecular complexity index is 802. The van der Waals surface area contributed by atoms with Crippen molar-refractivity contribution in [2.24, 2.45) is 0 Å². The molecular formula is C16H18N3O3S+. The summed E-state index contributed by atoms with van der Waals surface area (Å²) >= 11 is 1.65. The van der Waals surface area contributed by atoms with Crippen molar-refractivity contribution in [2.75, 3.05) is 18.9 Å². The molecule has 1 aromatic carbocycles. The minimum absolute atomic E-state index is 0.0756. The Morgan fingerprint density at radius 2 is 2.09 bits per heavy atom. The lowest BCUT2D eigenvalue weighted by atomic mass is 10.0. The van der Waals surface area contributed by atoms with Crippen LogP contribution in [0.3, 0.4) is 0 Å². The van der Waals surface area contributed by atoms with Crippen molar-refractivity contribution in [3.63, 3.8) is 0 Å². The van der Waals surface area contributed by atoms with E-state index in [4.69, 9.17) is 0 Å². The van der Waals surface area contributed by atoms with E-state index in [-0.39, 0.29) is 17.4 Å². The summed E-state index contributed by atoms with van der Waals surface area (Å²) in [5.41, 5.74) is 2.65. The highest BCUT2D eigenvalue weighted by Crippen LogP contribution is 2.39. The lowest BCUT2D eigenvalue weighted by molar-refractivity contribution is -0.895. The molecule has 2 aromatic rings. The van der Waals surface area contributed by atoms with Gasteiger partial charge in [-0.2, -0.15) is 0 Å². The second kappa shape index (κ2) is 5.14. The van der Waals surface area contributed by atoms with E-state index in [0.717, 1.165) is 30.1 Å². The Hall–Kier alpha value is -2.25. The molecule has 2 atom stereocenters. The molecule has 6 nitrogen and oxygen atoms in total.